The molecular weight excluding hydrogens is 277 g/mol. The zero-order valence-electron chi connectivity index (χ0n) is 11.4. The quantitative estimate of drug-likeness (QED) is 0.854. The van der Waals surface area contributed by atoms with Crippen LogP contribution in [0.2, 0.25) is 5.02 Å². The van der Waals surface area contributed by atoms with Gasteiger partial charge in [0.25, 0.3) is 0 Å². The average Bonchev–Trinajstić information content (AvgIpc) is 2.42. The number of nitriles is 1. The van der Waals surface area contributed by atoms with Crippen molar-refractivity contribution in [2.24, 2.45) is 5.41 Å². The van der Waals surface area contributed by atoms with Crippen molar-refractivity contribution in [1.82, 2.24) is 0 Å². The Hall–Kier alpha value is -1.11. The Morgan fingerprint density at radius 1 is 1.20 bits per heavy atom. The molecule has 1 N–H and O–H groups in total. The van der Waals surface area contributed by atoms with Crippen LogP contribution in [0.25, 0.3) is 0 Å². The van der Waals surface area contributed by atoms with Crippen molar-refractivity contribution in [3.8, 4) is 6.07 Å². The summed E-state index contributed by atoms with van der Waals surface area (Å²) in [5.74, 6) is -0.613. The monoisotopic (exact) mass is 295 g/mol. The van der Waals surface area contributed by atoms with Crippen LogP contribution < -0.4 is 0 Å². The van der Waals surface area contributed by atoms with Gasteiger partial charge in [0, 0.05) is 5.56 Å². The van der Waals surface area contributed by atoms with Crippen LogP contribution in [-0.4, -0.2) is 5.11 Å². The normalized spacial score (nSPS) is 20.5. The lowest BCUT2D eigenvalue weighted by molar-refractivity contribution is 0.0407. The van der Waals surface area contributed by atoms with Gasteiger partial charge in [-0.15, -0.1) is 0 Å². The summed E-state index contributed by atoms with van der Waals surface area (Å²) in [4.78, 5) is 0. The van der Waals surface area contributed by atoms with E-state index in [1.807, 2.05) is 0 Å². The Bertz CT molecular complexity index is 504. The van der Waals surface area contributed by atoms with Crippen LogP contribution in [0.1, 0.15) is 56.6 Å². The van der Waals surface area contributed by atoms with Crippen LogP contribution >= 0.6 is 11.6 Å². The van der Waals surface area contributed by atoms with Crippen molar-refractivity contribution in [3.63, 3.8) is 0 Å². The van der Waals surface area contributed by atoms with Crippen molar-refractivity contribution in [1.29, 1.82) is 5.26 Å². The molecule has 4 heteroatoms. The highest BCUT2D eigenvalue weighted by Gasteiger charge is 2.40. The first-order valence-corrected chi connectivity index (χ1v) is 7.52. The maximum Gasteiger partial charge on any atom is 0.147 e. The Balaban J connectivity index is 2.34. The summed E-state index contributed by atoms with van der Waals surface area (Å²) in [7, 11) is 0. The number of aliphatic hydroxyl groups excluding tert-OH is 1. The molecule has 2 nitrogen and oxygen atoms in total. The van der Waals surface area contributed by atoms with Crippen molar-refractivity contribution in [2.45, 2.75) is 51.0 Å². The molecule has 0 aliphatic heterocycles. The van der Waals surface area contributed by atoms with Crippen LogP contribution in [-0.2, 0) is 0 Å². The van der Waals surface area contributed by atoms with Gasteiger partial charge >= 0.3 is 0 Å². The van der Waals surface area contributed by atoms with Gasteiger partial charge in [-0.05, 0) is 18.9 Å². The van der Waals surface area contributed by atoms with Crippen molar-refractivity contribution >= 4 is 11.6 Å². The minimum absolute atomic E-state index is 0.0134. The molecule has 108 valence electrons. The van der Waals surface area contributed by atoms with Gasteiger partial charge < -0.3 is 5.11 Å². The van der Waals surface area contributed by atoms with E-state index >= 15 is 0 Å². The molecule has 1 saturated carbocycles. The fourth-order valence-corrected chi connectivity index (χ4v) is 3.19. The van der Waals surface area contributed by atoms with E-state index in [2.05, 4.69) is 6.07 Å². The van der Waals surface area contributed by atoms with Gasteiger partial charge in [0.2, 0.25) is 0 Å². The number of hydrogen-bond donors (Lipinski definition) is 1. The second-order valence-electron chi connectivity index (χ2n) is 5.58. The number of aliphatic hydroxyl groups is 1. The minimum atomic E-state index is -1.12. The van der Waals surface area contributed by atoms with E-state index in [-0.39, 0.29) is 10.6 Å². The molecule has 1 aliphatic carbocycles. The lowest BCUT2D eigenvalue weighted by Gasteiger charge is -2.33. The number of nitrogens with zero attached hydrogens (tertiary/aromatic N) is 1. The van der Waals surface area contributed by atoms with E-state index in [0.717, 1.165) is 25.7 Å². The van der Waals surface area contributed by atoms with E-state index in [0.29, 0.717) is 12.8 Å². The Morgan fingerprint density at radius 3 is 2.40 bits per heavy atom. The zero-order valence-corrected chi connectivity index (χ0v) is 12.2. The van der Waals surface area contributed by atoms with Gasteiger partial charge in [-0.2, -0.15) is 5.26 Å². The second-order valence-corrected chi connectivity index (χ2v) is 5.99. The Labute approximate surface area is 124 Å². The topological polar surface area (TPSA) is 44.0 Å². The van der Waals surface area contributed by atoms with Gasteiger partial charge in [-0.3, -0.25) is 0 Å². The molecule has 0 amide bonds. The molecule has 1 atom stereocenters. The van der Waals surface area contributed by atoms with E-state index < -0.39 is 17.3 Å². The van der Waals surface area contributed by atoms with Crippen molar-refractivity contribution in [3.05, 3.63) is 34.6 Å². The van der Waals surface area contributed by atoms with Crippen LogP contribution in [0.15, 0.2) is 18.2 Å². The summed E-state index contributed by atoms with van der Waals surface area (Å²) in [5.41, 5.74) is -0.758. The van der Waals surface area contributed by atoms with Crippen molar-refractivity contribution < 1.29 is 9.50 Å². The summed E-state index contributed by atoms with van der Waals surface area (Å²) >= 11 is 5.77. The first-order chi connectivity index (χ1) is 9.60. The number of rotatable bonds is 2. The van der Waals surface area contributed by atoms with Crippen molar-refractivity contribution in [2.75, 3.05) is 0 Å². The number of benzene rings is 1. The molecule has 20 heavy (non-hydrogen) atoms. The maximum atomic E-state index is 14.1. The minimum Gasteiger partial charge on any atom is -0.387 e. The molecule has 1 aromatic rings. The molecule has 0 heterocycles. The third-order valence-electron chi connectivity index (χ3n) is 4.27. The van der Waals surface area contributed by atoms with Gasteiger partial charge in [-0.1, -0.05) is 55.8 Å². The lowest BCUT2D eigenvalue weighted by atomic mass is 9.71. The molecule has 1 fully saturated rings. The highest BCUT2D eigenvalue weighted by atomic mass is 35.5. The standard InChI is InChI=1S/C16H19ClFNO/c17-13-8-6-7-12(14(13)18)15(20)16(11-19)9-4-2-1-3-5-10-16/h6-8,15,20H,1-5,9-10H2. The van der Waals surface area contributed by atoms with Gasteiger partial charge in [0.05, 0.1) is 16.5 Å². The Kier molecular flexibility index (Phi) is 5.01. The summed E-state index contributed by atoms with van der Waals surface area (Å²) < 4.78 is 14.1. The maximum absolute atomic E-state index is 14.1. The molecule has 2 rings (SSSR count). The predicted molar refractivity (Wildman–Crippen MR) is 76.7 cm³/mol. The third kappa shape index (κ3) is 2.97. The predicted octanol–water partition coefficient (Wildman–Crippen LogP) is 4.77. The van der Waals surface area contributed by atoms with E-state index in [4.69, 9.17) is 11.6 Å². The average molecular weight is 296 g/mol. The number of hydrogen-bond acceptors (Lipinski definition) is 2. The summed E-state index contributed by atoms with van der Waals surface area (Å²) in [6.45, 7) is 0. The molecule has 1 unspecified atom stereocenters. The summed E-state index contributed by atoms with van der Waals surface area (Å²) in [6, 6.07) is 6.85. The molecule has 0 saturated heterocycles. The van der Waals surface area contributed by atoms with Crippen LogP contribution in [0.5, 0.6) is 0 Å². The molecule has 1 aromatic carbocycles. The summed E-state index contributed by atoms with van der Waals surface area (Å²) in [6.07, 6.45) is 5.18. The highest BCUT2D eigenvalue weighted by Crippen LogP contribution is 2.45. The molecule has 0 spiro atoms. The van der Waals surface area contributed by atoms with E-state index in [1.165, 1.54) is 18.6 Å². The fraction of sp³-hybridized carbons (Fsp3) is 0.562. The molecular formula is C16H19ClFNO. The van der Waals surface area contributed by atoms with Gasteiger partial charge in [0.1, 0.15) is 11.9 Å². The number of halogens is 2. The van der Waals surface area contributed by atoms with E-state index in [9.17, 15) is 14.8 Å². The molecule has 0 radical (unpaired) electrons. The van der Waals surface area contributed by atoms with Crippen LogP contribution in [0.3, 0.4) is 0 Å². The fourth-order valence-electron chi connectivity index (χ4n) is 3.01. The lowest BCUT2D eigenvalue weighted by Crippen LogP contribution is -2.29. The van der Waals surface area contributed by atoms with Gasteiger partial charge in [0.15, 0.2) is 0 Å². The van der Waals surface area contributed by atoms with E-state index in [1.54, 1.807) is 6.07 Å². The van der Waals surface area contributed by atoms with Gasteiger partial charge in [-0.25, -0.2) is 4.39 Å². The molecule has 1 aliphatic rings. The first-order valence-electron chi connectivity index (χ1n) is 7.14. The smallest absolute Gasteiger partial charge is 0.147 e. The molecule has 0 bridgehead atoms. The largest absolute Gasteiger partial charge is 0.387 e. The third-order valence-corrected chi connectivity index (χ3v) is 4.56. The molecule has 0 aromatic heterocycles. The second kappa shape index (κ2) is 6.56. The van der Waals surface area contributed by atoms with Crippen LogP contribution in [0.4, 0.5) is 4.39 Å². The zero-order chi connectivity index (χ0) is 14.6. The highest BCUT2D eigenvalue weighted by molar-refractivity contribution is 6.30. The summed E-state index contributed by atoms with van der Waals surface area (Å²) in [5, 5.41) is 20.2. The Morgan fingerprint density at radius 2 is 1.80 bits per heavy atom. The van der Waals surface area contributed by atoms with Crippen LogP contribution in [0, 0.1) is 22.6 Å². The SMILES string of the molecule is N#CC1(C(O)c2cccc(Cl)c2F)CCCCCCC1. The first kappa shape index (κ1) is 15.3.